The number of carbonyl (C=O) groups is 3. The summed E-state index contributed by atoms with van der Waals surface area (Å²) in [4.78, 5) is 40.7. The molecule has 0 amide bonds. The van der Waals surface area contributed by atoms with E-state index in [4.69, 9.17) is 47.4 Å². The van der Waals surface area contributed by atoms with Gasteiger partial charge in [0.05, 0.1) is 31.5 Å². The largest absolute Gasteiger partial charge is 0.459 e. The molecule has 0 radical (unpaired) electrons. The molecule has 0 spiro atoms. The third-order valence-electron chi connectivity index (χ3n) is 9.73. The van der Waals surface area contributed by atoms with E-state index in [1.54, 1.807) is 37.3 Å². The Labute approximate surface area is 344 Å². The molecular formula is C46H50O13. The molecular weight excluding hydrogens is 760 g/mol. The highest BCUT2D eigenvalue weighted by Gasteiger charge is 2.56. The lowest BCUT2D eigenvalue weighted by molar-refractivity contribution is -0.359. The van der Waals surface area contributed by atoms with Crippen molar-refractivity contribution < 1.29 is 61.8 Å². The molecule has 2 aliphatic heterocycles. The minimum Gasteiger partial charge on any atom is -0.459 e. The van der Waals surface area contributed by atoms with Gasteiger partial charge in [-0.2, -0.15) is 0 Å². The Balaban J connectivity index is 1.39. The summed E-state index contributed by atoms with van der Waals surface area (Å²) in [7, 11) is 1.43. The predicted octanol–water partition coefficient (Wildman–Crippen LogP) is 6.13. The minimum absolute atomic E-state index is 0.0656. The Morgan fingerprint density at radius 1 is 0.610 bits per heavy atom. The highest BCUT2D eigenvalue weighted by atomic mass is 16.8. The Morgan fingerprint density at radius 2 is 1.15 bits per heavy atom. The van der Waals surface area contributed by atoms with Gasteiger partial charge in [-0.1, -0.05) is 115 Å². The summed E-state index contributed by atoms with van der Waals surface area (Å²) in [5.74, 6) is -2.20. The lowest BCUT2D eigenvalue weighted by Crippen LogP contribution is -2.66. The zero-order chi connectivity index (χ0) is 41.6. The first-order valence-electron chi connectivity index (χ1n) is 19.4. The van der Waals surface area contributed by atoms with E-state index in [9.17, 15) is 14.4 Å². The first-order valence-corrected chi connectivity index (χ1v) is 19.4. The summed E-state index contributed by atoms with van der Waals surface area (Å²) < 4.78 is 62.5. The van der Waals surface area contributed by atoms with Gasteiger partial charge in [0, 0.05) is 14.0 Å². The van der Waals surface area contributed by atoms with Crippen molar-refractivity contribution >= 4 is 17.9 Å². The Morgan fingerprint density at radius 3 is 1.69 bits per heavy atom. The molecule has 0 N–H and O–H groups in total. The van der Waals surface area contributed by atoms with E-state index in [1.807, 2.05) is 91.0 Å². The van der Waals surface area contributed by atoms with E-state index in [1.165, 1.54) is 20.1 Å². The topological polar surface area (TPSA) is 144 Å². The lowest BCUT2D eigenvalue weighted by Gasteiger charge is -2.48. The van der Waals surface area contributed by atoms with Crippen LogP contribution in [0.15, 0.2) is 134 Å². The van der Waals surface area contributed by atoms with Crippen LogP contribution in [0.3, 0.4) is 0 Å². The Kier molecular flexibility index (Phi) is 15.9. The van der Waals surface area contributed by atoms with Gasteiger partial charge in [0.2, 0.25) is 0 Å². The van der Waals surface area contributed by atoms with Crippen LogP contribution in [-0.4, -0.2) is 93.0 Å². The molecule has 0 unspecified atom stereocenters. The van der Waals surface area contributed by atoms with Crippen LogP contribution in [0.1, 0.15) is 40.9 Å². The van der Waals surface area contributed by atoms with Crippen molar-refractivity contribution in [3.8, 4) is 0 Å². The molecule has 6 rings (SSSR count). The zero-order valence-corrected chi connectivity index (χ0v) is 33.2. The summed E-state index contributed by atoms with van der Waals surface area (Å²) in [6, 6.07) is 36.5. The lowest BCUT2D eigenvalue weighted by atomic mass is 9.96. The van der Waals surface area contributed by atoms with Crippen molar-refractivity contribution in [3.63, 3.8) is 0 Å². The van der Waals surface area contributed by atoms with E-state index in [2.05, 4.69) is 6.58 Å². The second-order valence-corrected chi connectivity index (χ2v) is 14.0. The molecule has 312 valence electrons. The van der Waals surface area contributed by atoms with Crippen LogP contribution in [0.5, 0.6) is 0 Å². The van der Waals surface area contributed by atoms with Crippen molar-refractivity contribution in [3.05, 3.63) is 156 Å². The molecule has 0 saturated carbocycles. The van der Waals surface area contributed by atoms with Gasteiger partial charge in [-0.25, -0.2) is 9.59 Å². The first kappa shape index (κ1) is 43.3. The van der Waals surface area contributed by atoms with Crippen LogP contribution in [-0.2, 0) is 76.8 Å². The molecule has 2 aliphatic rings. The SMILES string of the molecule is C=CCO[C@@H]1[C@@H](OC(=O)c2ccccc2)[C@@H](OC(C)=O)[C@H](O[C@@H]2[C@H](OCc3ccccc3)[C@@H](OCc3ccccc3)[C@@H](OC)O[C@@H]2C(=O)OCc2ccccc2)O[C@H]1C. The Hall–Kier alpha value is -5.25. The smallest absolute Gasteiger partial charge is 0.338 e. The Bertz CT molecular complexity index is 1910. The van der Waals surface area contributed by atoms with Gasteiger partial charge in [0.1, 0.15) is 31.0 Å². The van der Waals surface area contributed by atoms with Gasteiger partial charge < -0.3 is 47.4 Å². The van der Waals surface area contributed by atoms with Gasteiger partial charge in [-0.05, 0) is 35.7 Å². The monoisotopic (exact) mass is 810 g/mol. The number of esters is 3. The molecule has 10 atom stereocenters. The van der Waals surface area contributed by atoms with Gasteiger partial charge in [0.25, 0.3) is 0 Å². The summed E-state index contributed by atoms with van der Waals surface area (Å²) >= 11 is 0. The van der Waals surface area contributed by atoms with E-state index < -0.39 is 79.3 Å². The van der Waals surface area contributed by atoms with Crippen molar-refractivity contribution in [1.29, 1.82) is 0 Å². The van der Waals surface area contributed by atoms with E-state index in [0.29, 0.717) is 0 Å². The van der Waals surface area contributed by atoms with E-state index in [0.717, 1.165) is 16.7 Å². The highest BCUT2D eigenvalue weighted by molar-refractivity contribution is 5.89. The number of rotatable bonds is 18. The second-order valence-electron chi connectivity index (χ2n) is 14.0. The van der Waals surface area contributed by atoms with Gasteiger partial charge in [-0.3, -0.25) is 4.79 Å². The number of carbonyl (C=O) groups excluding carboxylic acids is 3. The maximum absolute atomic E-state index is 14.2. The number of ether oxygens (including phenoxy) is 10. The average Bonchev–Trinajstić information content (AvgIpc) is 3.26. The van der Waals surface area contributed by atoms with Crippen molar-refractivity contribution in [2.24, 2.45) is 0 Å². The number of methoxy groups -OCH3 is 1. The van der Waals surface area contributed by atoms with Crippen LogP contribution in [0.2, 0.25) is 0 Å². The normalized spacial score (nSPS) is 26.6. The van der Waals surface area contributed by atoms with E-state index in [-0.39, 0.29) is 32.0 Å². The van der Waals surface area contributed by atoms with Crippen LogP contribution >= 0.6 is 0 Å². The quantitative estimate of drug-likeness (QED) is 0.0647. The summed E-state index contributed by atoms with van der Waals surface area (Å²) in [5, 5.41) is 0. The first-order chi connectivity index (χ1) is 28.7. The fourth-order valence-corrected chi connectivity index (χ4v) is 6.91. The molecule has 4 aromatic rings. The molecule has 0 aliphatic carbocycles. The number of hydrogen-bond donors (Lipinski definition) is 0. The van der Waals surface area contributed by atoms with Crippen molar-refractivity contribution in [2.75, 3.05) is 13.7 Å². The molecule has 0 aromatic heterocycles. The van der Waals surface area contributed by atoms with Gasteiger partial charge in [0.15, 0.2) is 30.9 Å². The molecule has 2 saturated heterocycles. The van der Waals surface area contributed by atoms with Crippen molar-refractivity contribution in [2.45, 2.75) is 95.1 Å². The standard InChI is InChI=1S/C46H50O13/c1-5-26-51-36-30(2)55-46(42(56-31(3)47)38(36)57-43(48)35-24-16-9-17-25-35)58-39-37(52-27-32-18-10-6-11-19-32)41(53-28-33-20-12-7-13-21-33)45(50-4)59-40(39)44(49)54-29-34-22-14-8-15-23-34/h5-25,30,36-42,45-46H,1,26-29H2,2-4H3/t30-,36-,37-,38+,39+,40-,41+,42+,45-,46-/m0/s1. The average molecular weight is 811 g/mol. The molecule has 0 bridgehead atoms. The van der Waals surface area contributed by atoms with Crippen molar-refractivity contribution in [1.82, 2.24) is 0 Å². The fraction of sp³-hybridized carbons (Fsp3) is 0.370. The predicted molar refractivity (Wildman–Crippen MR) is 212 cm³/mol. The third-order valence-corrected chi connectivity index (χ3v) is 9.73. The number of benzene rings is 4. The van der Waals surface area contributed by atoms with Crippen LogP contribution in [0.4, 0.5) is 0 Å². The second kappa shape index (κ2) is 21.7. The molecule has 2 fully saturated rings. The van der Waals surface area contributed by atoms with Gasteiger partial charge >= 0.3 is 17.9 Å². The summed E-state index contributed by atoms with van der Waals surface area (Å²) in [6.45, 7) is 6.86. The van der Waals surface area contributed by atoms with Gasteiger partial charge in [-0.15, -0.1) is 6.58 Å². The fourth-order valence-electron chi connectivity index (χ4n) is 6.91. The van der Waals surface area contributed by atoms with Crippen LogP contribution < -0.4 is 0 Å². The number of hydrogen-bond acceptors (Lipinski definition) is 13. The third kappa shape index (κ3) is 11.7. The maximum Gasteiger partial charge on any atom is 0.338 e. The molecule has 13 heteroatoms. The molecule has 13 nitrogen and oxygen atoms in total. The zero-order valence-electron chi connectivity index (χ0n) is 33.2. The maximum atomic E-state index is 14.2. The summed E-state index contributed by atoms with van der Waals surface area (Å²) in [6.07, 6.45) is -10.4. The minimum atomic E-state index is -1.49. The molecule has 4 aromatic carbocycles. The van der Waals surface area contributed by atoms with E-state index >= 15 is 0 Å². The highest BCUT2D eigenvalue weighted by Crippen LogP contribution is 2.36. The summed E-state index contributed by atoms with van der Waals surface area (Å²) in [5.41, 5.74) is 2.69. The van der Waals surface area contributed by atoms with Crippen LogP contribution in [0, 0.1) is 0 Å². The molecule has 59 heavy (non-hydrogen) atoms. The molecule has 2 heterocycles. The van der Waals surface area contributed by atoms with Crippen LogP contribution in [0.25, 0.3) is 0 Å².